The zero-order chi connectivity index (χ0) is 14.8. The van der Waals surface area contributed by atoms with Crippen LogP contribution in [0.25, 0.3) is 10.8 Å². The first-order chi connectivity index (χ1) is 10.1. The number of benzene rings is 3. The van der Waals surface area contributed by atoms with Crippen molar-refractivity contribution in [1.29, 1.82) is 0 Å². The van der Waals surface area contributed by atoms with Gasteiger partial charge in [-0.05, 0) is 46.9 Å². The lowest BCUT2D eigenvalue weighted by molar-refractivity contribution is 0.445. The summed E-state index contributed by atoms with van der Waals surface area (Å²) in [5.41, 5.74) is 1.54. The molecule has 106 valence electrons. The van der Waals surface area contributed by atoms with Crippen molar-refractivity contribution in [3.63, 3.8) is 0 Å². The quantitative estimate of drug-likeness (QED) is 0.591. The predicted molar refractivity (Wildman–Crippen MR) is 77.7 cm³/mol. The minimum atomic E-state index is -1.41. The van der Waals surface area contributed by atoms with Crippen LogP contribution in [0.2, 0.25) is 0 Å². The Kier molecular flexibility index (Phi) is 3.65. The highest BCUT2D eigenvalue weighted by Crippen LogP contribution is 2.19. The summed E-state index contributed by atoms with van der Waals surface area (Å²) >= 11 is 0. The lowest BCUT2D eigenvalue weighted by Crippen LogP contribution is -1.97. The molecular weight excluding hydrogens is 273 g/mol. The van der Waals surface area contributed by atoms with Crippen LogP contribution in [-0.4, -0.2) is 0 Å². The fourth-order valence-corrected chi connectivity index (χ4v) is 2.44. The topological polar surface area (TPSA) is 0 Å². The second-order valence-electron chi connectivity index (χ2n) is 5.05. The van der Waals surface area contributed by atoms with E-state index in [0.717, 1.165) is 28.5 Å². The molecule has 0 aliphatic heterocycles. The standard InChI is InChI=1S/C18H13F3/c19-16-10-13(11-17(20)18(16)21)6-5-12-7-8-14-3-1-2-4-15(14)9-12/h1-4,7-11H,5-6H2. The summed E-state index contributed by atoms with van der Waals surface area (Å²) in [4.78, 5) is 0. The molecule has 0 fully saturated rings. The Hall–Kier alpha value is -2.29. The molecule has 3 aromatic carbocycles. The predicted octanol–water partition coefficient (Wildman–Crippen LogP) is 5.04. The number of hydrogen-bond donors (Lipinski definition) is 0. The Labute approximate surface area is 120 Å². The van der Waals surface area contributed by atoms with Crippen LogP contribution in [0, 0.1) is 17.5 Å². The van der Waals surface area contributed by atoms with Gasteiger partial charge in [-0.1, -0.05) is 42.5 Å². The third-order valence-corrected chi connectivity index (χ3v) is 3.56. The largest absolute Gasteiger partial charge is 0.204 e. The van der Waals surface area contributed by atoms with E-state index in [1.807, 2.05) is 36.4 Å². The molecule has 0 bridgehead atoms. The summed E-state index contributed by atoms with van der Waals surface area (Å²) in [6, 6.07) is 16.2. The highest BCUT2D eigenvalue weighted by Gasteiger charge is 2.10. The van der Waals surface area contributed by atoms with Crippen molar-refractivity contribution >= 4 is 10.8 Å². The number of aryl methyl sites for hydroxylation is 2. The van der Waals surface area contributed by atoms with Gasteiger partial charge in [0.15, 0.2) is 17.5 Å². The van der Waals surface area contributed by atoms with E-state index in [9.17, 15) is 13.2 Å². The van der Waals surface area contributed by atoms with Crippen molar-refractivity contribution in [2.45, 2.75) is 12.8 Å². The molecule has 0 aromatic heterocycles. The van der Waals surface area contributed by atoms with Crippen LogP contribution >= 0.6 is 0 Å². The third-order valence-electron chi connectivity index (χ3n) is 3.56. The van der Waals surface area contributed by atoms with Crippen LogP contribution in [0.1, 0.15) is 11.1 Å². The molecule has 3 aromatic rings. The zero-order valence-corrected chi connectivity index (χ0v) is 11.2. The number of fused-ring (bicyclic) bond motifs is 1. The van der Waals surface area contributed by atoms with Crippen molar-refractivity contribution in [1.82, 2.24) is 0 Å². The number of hydrogen-bond acceptors (Lipinski definition) is 0. The van der Waals surface area contributed by atoms with E-state index in [1.165, 1.54) is 0 Å². The van der Waals surface area contributed by atoms with Gasteiger partial charge < -0.3 is 0 Å². The molecule has 0 N–H and O–H groups in total. The second-order valence-corrected chi connectivity index (χ2v) is 5.05. The Morgan fingerprint density at radius 2 is 1.24 bits per heavy atom. The minimum absolute atomic E-state index is 0.458. The summed E-state index contributed by atoms with van der Waals surface area (Å²) in [5.74, 6) is -3.68. The smallest absolute Gasteiger partial charge is 0.194 e. The Morgan fingerprint density at radius 1 is 0.619 bits per heavy atom. The van der Waals surface area contributed by atoms with Crippen LogP contribution in [0.3, 0.4) is 0 Å². The van der Waals surface area contributed by atoms with Crippen LogP contribution < -0.4 is 0 Å². The van der Waals surface area contributed by atoms with Gasteiger partial charge in [-0.25, -0.2) is 13.2 Å². The molecule has 3 rings (SSSR count). The number of rotatable bonds is 3. The van der Waals surface area contributed by atoms with Crippen LogP contribution in [0.4, 0.5) is 13.2 Å². The Bertz CT molecular complexity index is 770. The summed E-state index contributed by atoms with van der Waals surface area (Å²) in [6.45, 7) is 0. The van der Waals surface area contributed by atoms with E-state index in [1.54, 1.807) is 0 Å². The van der Waals surface area contributed by atoms with Crippen LogP contribution in [0.15, 0.2) is 54.6 Å². The molecule has 0 heterocycles. The molecule has 0 aliphatic rings. The van der Waals surface area contributed by atoms with Crippen molar-refractivity contribution < 1.29 is 13.2 Å². The highest BCUT2D eigenvalue weighted by atomic mass is 19.2. The van der Waals surface area contributed by atoms with Crippen molar-refractivity contribution in [2.75, 3.05) is 0 Å². The van der Waals surface area contributed by atoms with Crippen LogP contribution in [0.5, 0.6) is 0 Å². The van der Waals surface area contributed by atoms with Crippen molar-refractivity contribution in [2.24, 2.45) is 0 Å². The summed E-state index contributed by atoms with van der Waals surface area (Å²) in [7, 11) is 0. The summed E-state index contributed by atoms with van der Waals surface area (Å²) in [6.07, 6.45) is 1.11. The summed E-state index contributed by atoms with van der Waals surface area (Å²) < 4.78 is 39.2. The maximum absolute atomic E-state index is 13.2. The molecule has 21 heavy (non-hydrogen) atoms. The van der Waals surface area contributed by atoms with E-state index in [4.69, 9.17) is 0 Å². The molecule has 0 aliphatic carbocycles. The highest BCUT2D eigenvalue weighted by molar-refractivity contribution is 5.82. The fourth-order valence-electron chi connectivity index (χ4n) is 2.44. The number of halogens is 3. The van der Waals surface area contributed by atoms with Gasteiger partial charge in [0, 0.05) is 0 Å². The molecule has 0 saturated heterocycles. The van der Waals surface area contributed by atoms with Gasteiger partial charge in [0.1, 0.15) is 0 Å². The Balaban J connectivity index is 1.80. The van der Waals surface area contributed by atoms with E-state index in [-0.39, 0.29) is 0 Å². The monoisotopic (exact) mass is 286 g/mol. The lowest BCUT2D eigenvalue weighted by atomic mass is 10.0. The molecule has 3 heteroatoms. The molecule has 0 nitrogen and oxygen atoms in total. The average molecular weight is 286 g/mol. The Morgan fingerprint density at radius 3 is 1.95 bits per heavy atom. The first kappa shape index (κ1) is 13.7. The third kappa shape index (κ3) is 2.92. The average Bonchev–Trinajstić information content (AvgIpc) is 2.50. The SMILES string of the molecule is Fc1cc(CCc2ccc3ccccc3c2)cc(F)c1F. The summed E-state index contributed by atoms with van der Waals surface area (Å²) in [5, 5.41) is 2.28. The van der Waals surface area contributed by atoms with Gasteiger partial charge in [0.25, 0.3) is 0 Å². The van der Waals surface area contributed by atoms with E-state index < -0.39 is 17.5 Å². The molecule has 0 saturated carbocycles. The van der Waals surface area contributed by atoms with E-state index in [2.05, 4.69) is 6.07 Å². The normalized spacial score (nSPS) is 11.0. The molecular formula is C18H13F3. The van der Waals surface area contributed by atoms with Gasteiger partial charge in [-0.2, -0.15) is 0 Å². The molecule has 0 radical (unpaired) electrons. The molecule has 0 spiro atoms. The lowest BCUT2D eigenvalue weighted by Gasteiger charge is -2.05. The second kappa shape index (κ2) is 5.60. The van der Waals surface area contributed by atoms with Crippen molar-refractivity contribution in [3.8, 4) is 0 Å². The maximum Gasteiger partial charge on any atom is 0.194 e. The van der Waals surface area contributed by atoms with Crippen molar-refractivity contribution in [3.05, 3.63) is 83.2 Å². The van der Waals surface area contributed by atoms with Gasteiger partial charge in [0.05, 0.1) is 0 Å². The van der Waals surface area contributed by atoms with Gasteiger partial charge in [-0.3, -0.25) is 0 Å². The molecule has 0 unspecified atom stereocenters. The first-order valence-electron chi connectivity index (χ1n) is 6.74. The molecule has 0 atom stereocenters. The molecule has 0 amide bonds. The fraction of sp³-hybridized carbons (Fsp3) is 0.111. The van der Waals surface area contributed by atoms with E-state index >= 15 is 0 Å². The zero-order valence-electron chi connectivity index (χ0n) is 11.2. The van der Waals surface area contributed by atoms with Crippen LogP contribution in [-0.2, 0) is 12.8 Å². The van der Waals surface area contributed by atoms with Gasteiger partial charge in [0.2, 0.25) is 0 Å². The first-order valence-corrected chi connectivity index (χ1v) is 6.74. The minimum Gasteiger partial charge on any atom is -0.204 e. The maximum atomic E-state index is 13.2. The van der Waals surface area contributed by atoms with E-state index in [0.29, 0.717) is 18.4 Å². The van der Waals surface area contributed by atoms with Gasteiger partial charge in [-0.15, -0.1) is 0 Å². The van der Waals surface area contributed by atoms with Gasteiger partial charge >= 0.3 is 0 Å².